The Morgan fingerprint density at radius 2 is 1.62 bits per heavy atom. The second kappa shape index (κ2) is 4.85. The van der Waals surface area contributed by atoms with Gasteiger partial charge in [-0.15, -0.1) is 0 Å². The van der Waals surface area contributed by atoms with Gasteiger partial charge in [0.25, 0.3) is 0 Å². The maximum Gasteiger partial charge on any atom is 0.184 e. The third kappa shape index (κ3) is 2.54. The zero-order chi connectivity index (χ0) is 11.5. The SMILES string of the molecule is COc1ccc(C2O[C@H](C)C[C@@H](C)O2)cc1. The average Bonchev–Trinajstić information content (AvgIpc) is 2.28. The third-order valence-corrected chi connectivity index (χ3v) is 2.76. The van der Waals surface area contributed by atoms with Crippen molar-refractivity contribution in [2.45, 2.75) is 38.8 Å². The molecule has 0 saturated carbocycles. The van der Waals surface area contributed by atoms with Gasteiger partial charge in [-0.3, -0.25) is 0 Å². The summed E-state index contributed by atoms with van der Waals surface area (Å²) in [6.07, 6.45) is 1.20. The van der Waals surface area contributed by atoms with Gasteiger partial charge in [0.2, 0.25) is 0 Å². The van der Waals surface area contributed by atoms with Crippen LogP contribution in [-0.2, 0) is 9.47 Å². The Bertz CT molecular complexity index is 324. The van der Waals surface area contributed by atoms with E-state index in [1.165, 1.54) is 0 Å². The van der Waals surface area contributed by atoms with Gasteiger partial charge in [-0.2, -0.15) is 0 Å². The van der Waals surface area contributed by atoms with Gasteiger partial charge in [0.05, 0.1) is 19.3 Å². The molecule has 1 fully saturated rings. The van der Waals surface area contributed by atoms with Crippen molar-refractivity contribution in [3.8, 4) is 5.75 Å². The molecule has 0 N–H and O–H groups in total. The van der Waals surface area contributed by atoms with Crippen LogP contribution in [0.4, 0.5) is 0 Å². The molecule has 2 rings (SSSR count). The molecular weight excluding hydrogens is 204 g/mol. The minimum absolute atomic E-state index is 0.246. The van der Waals surface area contributed by atoms with Crippen LogP contribution in [0.1, 0.15) is 32.1 Å². The van der Waals surface area contributed by atoms with Crippen LogP contribution < -0.4 is 4.74 Å². The highest BCUT2D eigenvalue weighted by atomic mass is 16.7. The van der Waals surface area contributed by atoms with Crippen LogP contribution in [0.2, 0.25) is 0 Å². The number of hydrogen-bond donors (Lipinski definition) is 0. The predicted molar refractivity (Wildman–Crippen MR) is 61.4 cm³/mol. The van der Waals surface area contributed by atoms with Crippen LogP contribution in [0.5, 0.6) is 5.75 Å². The maximum absolute atomic E-state index is 5.75. The summed E-state index contributed by atoms with van der Waals surface area (Å²) in [6.45, 7) is 4.16. The number of ether oxygens (including phenoxy) is 3. The number of rotatable bonds is 2. The fourth-order valence-corrected chi connectivity index (χ4v) is 1.95. The molecule has 2 atom stereocenters. The first-order chi connectivity index (χ1) is 7.69. The Balaban J connectivity index is 2.10. The standard InChI is InChI=1S/C13H18O3/c1-9-8-10(2)16-13(15-9)11-4-6-12(14-3)7-5-11/h4-7,9-10,13H,8H2,1-3H3/t9-,10-/m1/s1. The molecule has 1 aromatic rings. The van der Waals surface area contributed by atoms with E-state index in [2.05, 4.69) is 13.8 Å². The van der Waals surface area contributed by atoms with Crippen LogP contribution in [-0.4, -0.2) is 19.3 Å². The molecular formula is C13H18O3. The summed E-state index contributed by atoms with van der Waals surface area (Å²) < 4.78 is 16.6. The lowest BCUT2D eigenvalue weighted by atomic mass is 10.1. The zero-order valence-electron chi connectivity index (χ0n) is 9.97. The van der Waals surface area contributed by atoms with E-state index < -0.39 is 0 Å². The molecule has 0 aromatic heterocycles. The van der Waals surface area contributed by atoms with Crippen molar-refractivity contribution in [2.24, 2.45) is 0 Å². The van der Waals surface area contributed by atoms with Gasteiger partial charge >= 0.3 is 0 Å². The van der Waals surface area contributed by atoms with E-state index in [0.717, 1.165) is 17.7 Å². The molecule has 3 heteroatoms. The molecule has 1 saturated heterocycles. The van der Waals surface area contributed by atoms with Crippen molar-refractivity contribution in [2.75, 3.05) is 7.11 Å². The summed E-state index contributed by atoms with van der Waals surface area (Å²) in [5, 5.41) is 0. The van der Waals surface area contributed by atoms with Gasteiger partial charge in [-0.05, 0) is 32.4 Å². The quantitative estimate of drug-likeness (QED) is 0.770. The molecule has 0 amide bonds. The van der Waals surface area contributed by atoms with Gasteiger partial charge < -0.3 is 14.2 Å². The van der Waals surface area contributed by atoms with E-state index >= 15 is 0 Å². The first-order valence-electron chi connectivity index (χ1n) is 5.64. The molecule has 1 heterocycles. The molecule has 0 bridgehead atoms. The van der Waals surface area contributed by atoms with E-state index in [-0.39, 0.29) is 18.5 Å². The second-order valence-corrected chi connectivity index (χ2v) is 4.23. The molecule has 0 spiro atoms. The van der Waals surface area contributed by atoms with Gasteiger partial charge in [-0.1, -0.05) is 12.1 Å². The smallest absolute Gasteiger partial charge is 0.184 e. The highest BCUT2D eigenvalue weighted by Crippen LogP contribution is 2.30. The average molecular weight is 222 g/mol. The molecule has 0 unspecified atom stereocenters. The van der Waals surface area contributed by atoms with E-state index in [1.54, 1.807) is 7.11 Å². The predicted octanol–water partition coefficient (Wildman–Crippen LogP) is 2.91. The zero-order valence-corrected chi connectivity index (χ0v) is 9.97. The van der Waals surface area contributed by atoms with Gasteiger partial charge in [0.15, 0.2) is 6.29 Å². The van der Waals surface area contributed by atoms with Crippen LogP contribution in [0, 0.1) is 0 Å². The fourth-order valence-electron chi connectivity index (χ4n) is 1.95. The molecule has 0 aliphatic carbocycles. The Kier molecular flexibility index (Phi) is 3.46. The number of methoxy groups -OCH3 is 1. The number of hydrogen-bond acceptors (Lipinski definition) is 3. The Labute approximate surface area is 96.3 Å². The monoisotopic (exact) mass is 222 g/mol. The van der Waals surface area contributed by atoms with Crippen molar-refractivity contribution in [3.05, 3.63) is 29.8 Å². The molecule has 88 valence electrons. The molecule has 16 heavy (non-hydrogen) atoms. The summed E-state index contributed by atoms with van der Waals surface area (Å²) in [5.41, 5.74) is 1.04. The number of benzene rings is 1. The van der Waals surface area contributed by atoms with Crippen molar-refractivity contribution >= 4 is 0 Å². The van der Waals surface area contributed by atoms with Crippen molar-refractivity contribution in [1.82, 2.24) is 0 Å². The third-order valence-electron chi connectivity index (χ3n) is 2.76. The second-order valence-electron chi connectivity index (χ2n) is 4.23. The Morgan fingerprint density at radius 3 is 2.12 bits per heavy atom. The first kappa shape index (κ1) is 11.4. The van der Waals surface area contributed by atoms with Crippen molar-refractivity contribution in [1.29, 1.82) is 0 Å². The minimum Gasteiger partial charge on any atom is -0.497 e. The van der Waals surface area contributed by atoms with Crippen LogP contribution in [0.25, 0.3) is 0 Å². The van der Waals surface area contributed by atoms with E-state index in [1.807, 2.05) is 24.3 Å². The van der Waals surface area contributed by atoms with E-state index in [4.69, 9.17) is 14.2 Å². The summed E-state index contributed by atoms with van der Waals surface area (Å²) in [6, 6.07) is 7.81. The summed E-state index contributed by atoms with van der Waals surface area (Å²) >= 11 is 0. The molecule has 1 aliphatic heterocycles. The van der Waals surface area contributed by atoms with Crippen LogP contribution in [0.3, 0.4) is 0 Å². The molecule has 3 nitrogen and oxygen atoms in total. The van der Waals surface area contributed by atoms with Crippen LogP contribution in [0.15, 0.2) is 24.3 Å². The fraction of sp³-hybridized carbons (Fsp3) is 0.538. The van der Waals surface area contributed by atoms with Crippen LogP contribution >= 0.6 is 0 Å². The van der Waals surface area contributed by atoms with Crippen molar-refractivity contribution < 1.29 is 14.2 Å². The summed E-state index contributed by atoms with van der Waals surface area (Å²) in [5.74, 6) is 0.848. The first-order valence-corrected chi connectivity index (χ1v) is 5.64. The lowest BCUT2D eigenvalue weighted by Gasteiger charge is -2.32. The Hall–Kier alpha value is -1.06. The van der Waals surface area contributed by atoms with Gasteiger partial charge in [0.1, 0.15) is 5.75 Å². The lowest BCUT2D eigenvalue weighted by Crippen LogP contribution is -2.30. The summed E-state index contributed by atoms with van der Waals surface area (Å²) in [4.78, 5) is 0. The highest BCUT2D eigenvalue weighted by Gasteiger charge is 2.25. The molecule has 0 radical (unpaired) electrons. The summed E-state index contributed by atoms with van der Waals surface area (Å²) in [7, 11) is 1.66. The van der Waals surface area contributed by atoms with Crippen molar-refractivity contribution in [3.63, 3.8) is 0 Å². The molecule has 1 aromatic carbocycles. The Morgan fingerprint density at radius 1 is 1.06 bits per heavy atom. The minimum atomic E-state index is -0.246. The van der Waals surface area contributed by atoms with Gasteiger partial charge in [-0.25, -0.2) is 0 Å². The highest BCUT2D eigenvalue weighted by molar-refractivity contribution is 5.27. The van der Waals surface area contributed by atoms with E-state index in [0.29, 0.717) is 0 Å². The normalized spacial score (nSPS) is 30.1. The topological polar surface area (TPSA) is 27.7 Å². The largest absolute Gasteiger partial charge is 0.497 e. The molecule has 1 aliphatic rings. The maximum atomic E-state index is 5.75. The van der Waals surface area contributed by atoms with Gasteiger partial charge in [0, 0.05) is 5.56 Å². The lowest BCUT2D eigenvalue weighted by molar-refractivity contribution is -0.239. The van der Waals surface area contributed by atoms with E-state index in [9.17, 15) is 0 Å².